The molecule has 0 aliphatic rings. The van der Waals surface area contributed by atoms with Gasteiger partial charge >= 0.3 is 0 Å². The Balaban J connectivity index is 2.30. The molecule has 2 aromatic rings. The zero-order valence-electron chi connectivity index (χ0n) is 24.8. The van der Waals surface area contributed by atoms with Gasteiger partial charge in [-0.1, -0.05) is 66.7 Å². The maximum absolute atomic E-state index is 13.3. The van der Waals surface area contributed by atoms with Crippen molar-refractivity contribution in [1.82, 2.24) is 20.5 Å². The van der Waals surface area contributed by atoms with Crippen molar-refractivity contribution in [2.24, 2.45) is 10.9 Å². The Labute approximate surface area is 234 Å². The predicted octanol–water partition coefficient (Wildman–Crippen LogP) is 6.30. The lowest BCUT2D eigenvalue weighted by Crippen LogP contribution is -2.45. The Morgan fingerprint density at radius 2 is 1.67 bits per heavy atom. The fraction of sp³-hybridized carbons (Fsp3) is 0.548. The molecule has 39 heavy (non-hydrogen) atoms. The highest BCUT2D eigenvalue weighted by Crippen LogP contribution is 2.24. The molecule has 8 nitrogen and oxygen atoms in total. The summed E-state index contributed by atoms with van der Waals surface area (Å²) in [5.41, 5.74) is 1.88. The molecule has 2 N–H and O–H groups in total. The minimum atomic E-state index is -0.277. The van der Waals surface area contributed by atoms with E-state index in [0.29, 0.717) is 28.9 Å². The number of nitrogens with one attached hydrogen (secondary N) is 2. The molecule has 0 saturated heterocycles. The van der Waals surface area contributed by atoms with Gasteiger partial charge in [0.25, 0.3) is 11.8 Å². The summed E-state index contributed by atoms with van der Waals surface area (Å²) < 4.78 is 5.79. The van der Waals surface area contributed by atoms with Crippen LogP contribution in [-0.4, -0.2) is 53.2 Å². The van der Waals surface area contributed by atoms with Crippen LogP contribution in [-0.2, 0) is 4.79 Å². The summed E-state index contributed by atoms with van der Waals surface area (Å²) in [4.78, 5) is 36.8. The highest BCUT2D eigenvalue weighted by Gasteiger charge is 2.21. The van der Waals surface area contributed by atoms with E-state index >= 15 is 0 Å². The van der Waals surface area contributed by atoms with Crippen LogP contribution in [0.1, 0.15) is 96.2 Å². The molecule has 1 aromatic heterocycles. The van der Waals surface area contributed by atoms with Crippen molar-refractivity contribution in [1.29, 1.82) is 0 Å². The van der Waals surface area contributed by atoms with Crippen molar-refractivity contribution < 1.29 is 14.0 Å². The summed E-state index contributed by atoms with van der Waals surface area (Å²) in [6.45, 7) is 17.5. The van der Waals surface area contributed by atoms with Gasteiger partial charge in [0.1, 0.15) is 0 Å². The van der Waals surface area contributed by atoms with Crippen LogP contribution in [0.25, 0.3) is 17.2 Å². The molecule has 2 amide bonds. The van der Waals surface area contributed by atoms with Gasteiger partial charge in [-0.05, 0) is 50.2 Å². The number of aliphatic imine (C=N–C) groups is 1. The molecular formula is C31H47N5O3. The van der Waals surface area contributed by atoms with E-state index < -0.39 is 0 Å². The number of amidine groups is 1. The normalized spacial score (nSPS) is 12.5. The van der Waals surface area contributed by atoms with Crippen LogP contribution >= 0.6 is 0 Å². The largest absolute Gasteiger partial charge is 0.431 e. The summed E-state index contributed by atoms with van der Waals surface area (Å²) in [6.07, 6.45) is 6.88. The molecule has 0 bridgehead atoms. The van der Waals surface area contributed by atoms with E-state index in [-0.39, 0.29) is 29.7 Å². The SMILES string of the molecule is C=C(N=C(C(=O)NC(CC)CC)N(C)CC[C@H](C)CC)c1cccc(-c2ncc(C(=O)NC(CC)CC)o2)c1. The zero-order chi connectivity index (χ0) is 28.9. The summed E-state index contributed by atoms with van der Waals surface area (Å²) >= 11 is 0. The minimum Gasteiger partial charge on any atom is -0.431 e. The van der Waals surface area contributed by atoms with Gasteiger partial charge in [-0.15, -0.1) is 0 Å². The summed E-state index contributed by atoms with van der Waals surface area (Å²) in [7, 11) is 1.90. The van der Waals surface area contributed by atoms with Gasteiger partial charge in [-0.25, -0.2) is 9.98 Å². The molecule has 0 spiro atoms. The minimum absolute atomic E-state index is 0.0867. The Kier molecular flexibility index (Phi) is 12.9. The molecule has 0 fully saturated rings. The number of rotatable bonds is 14. The summed E-state index contributed by atoms with van der Waals surface area (Å²) in [5.74, 6) is 0.924. The first-order chi connectivity index (χ1) is 18.7. The molecule has 0 aliphatic carbocycles. The molecule has 0 aliphatic heterocycles. The maximum atomic E-state index is 13.3. The molecule has 0 radical (unpaired) electrons. The molecule has 1 atom stereocenters. The zero-order valence-corrected chi connectivity index (χ0v) is 24.8. The van der Waals surface area contributed by atoms with Crippen molar-refractivity contribution >= 4 is 23.3 Å². The van der Waals surface area contributed by atoms with Crippen LogP contribution in [0, 0.1) is 5.92 Å². The topological polar surface area (TPSA) is 99.8 Å². The third-order valence-corrected chi connectivity index (χ3v) is 7.27. The summed E-state index contributed by atoms with van der Waals surface area (Å²) in [6, 6.07) is 7.63. The van der Waals surface area contributed by atoms with Gasteiger partial charge in [0.2, 0.25) is 11.7 Å². The van der Waals surface area contributed by atoms with E-state index in [1.54, 1.807) is 0 Å². The number of oxazole rings is 1. The number of likely N-dealkylation sites (N-methyl/N-ethyl adjacent to an activating group) is 1. The van der Waals surface area contributed by atoms with Crippen LogP contribution in [0.15, 0.2) is 46.5 Å². The quantitative estimate of drug-likeness (QED) is 0.218. The Morgan fingerprint density at radius 1 is 1.03 bits per heavy atom. The van der Waals surface area contributed by atoms with E-state index in [1.807, 2.05) is 50.1 Å². The average Bonchev–Trinajstić information content (AvgIpc) is 3.46. The van der Waals surface area contributed by atoms with Crippen LogP contribution in [0.2, 0.25) is 0 Å². The van der Waals surface area contributed by atoms with Gasteiger partial charge in [0, 0.05) is 36.8 Å². The van der Waals surface area contributed by atoms with Crippen LogP contribution in [0.3, 0.4) is 0 Å². The first-order valence-electron chi connectivity index (χ1n) is 14.3. The van der Waals surface area contributed by atoms with E-state index in [0.717, 1.165) is 50.6 Å². The predicted molar refractivity (Wildman–Crippen MR) is 159 cm³/mol. The molecule has 0 unspecified atom stereocenters. The van der Waals surface area contributed by atoms with E-state index in [2.05, 4.69) is 49.9 Å². The second-order valence-corrected chi connectivity index (χ2v) is 10.2. The van der Waals surface area contributed by atoms with Crippen molar-refractivity contribution in [2.45, 2.75) is 92.2 Å². The second-order valence-electron chi connectivity index (χ2n) is 10.2. The monoisotopic (exact) mass is 537 g/mol. The number of nitrogens with zero attached hydrogens (tertiary/aromatic N) is 3. The second kappa shape index (κ2) is 15.9. The average molecular weight is 538 g/mol. The molecule has 1 aromatic carbocycles. The molecule has 0 saturated carbocycles. The molecule has 214 valence electrons. The van der Waals surface area contributed by atoms with Gasteiger partial charge in [-0.2, -0.15) is 0 Å². The number of amides is 2. The highest BCUT2D eigenvalue weighted by atomic mass is 16.4. The highest BCUT2D eigenvalue weighted by molar-refractivity contribution is 6.38. The van der Waals surface area contributed by atoms with Crippen molar-refractivity contribution in [3.05, 3.63) is 48.4 Å². The van der Waals surface area contributed by atoms with Crippen LogP contribution < -0.4 is 10.6 Å². The first-order valence-corrected chi connectivity index (χ1v) is 14.3. The lowest BCUT2D eigenvalue weighted by Gasteiger charge is -2.24. The third-order valence-electron chi connectivity index (χ3n) is 7.27. The van der Waals surface area contributed by atoms with E-state index in [4.69, 9.17) is 9.41 Å². The molecule has 1 heterocycles. The van der Waals surface area contributed by atoms with Gasteiger partial charge < -0.3 is 20.0 Å². The molecule has 2 rings (SSSR count). The Hall–Kier alpha value is -3.42. The van der Waals surface area contributed by atoms with Gasteiger partial charge in [-0.3, -0.25) is 9.59 Å². The van der Waals surface area contributed by atoms with Crippen LogP contribution in [0.5, 0.6) is 0 Å². The summed E-state index contributed by atoms with van der Waals surface area (Å²) in [5, 5.41) is 6.08. The number of hydrogen-bond acceptors (Lipinski definition) is 5. The number of carbonyl (C=O) groups excluding carboxylic acids is 2. The third kappa shape index (κ3) is 9.37. The number of aromatic nitrogens is 1. The Morgan fingerprint density at radius 3 is 2.28 bits per heavy atom. The first kappa shape index (κ1) is 31.8. The van der Waals surface area contributed by atoms with Crippen molar-refractivity contribution in [3.63, 3.8) is 0 Å². The van der Waals surface area contributed by atoms with Crippen molar-refractivity contribution in [2.75, 3.05) is 13.6 Å². The van der Waals surface area contributed by atoms with Crippen molar-refractivity contribution in [3.8, 4) is 11.5 Å². The van der Waals surface area contributed by atoms with Crippen LogP contribution in [0.4, 0.5) is 0 Å². The number of hydrogen-bond donors (Lipinski definition) is 2. The maximum Gasteiger partial charge on any atom is 0.288 e. The lowest BCUT2D eigenvalue weighted by atomic mass is 10.1. The lowest BCUT2D eigenvalue weighted by molar-refractivity contribution is -0.116. The smallest absolute Gasteiger partial charge is 0.288 e. The molecule has 8 heteroatoms. The Bertz CT molecular complexity index is 1110. The molecular weight excluding hydrogens is 490 g/mol. The van der Waals surface area contributed by atoms with E-state index in [9.17, 15) is 9.59 Å². The fourth-order valence-corrected chi connectivity index (χ4v) is 4.06. The fourth-order valence-electron chi connectivity index (χ4n) is 4.06. The standard InChI is InChI=1S/C31H47N5O3/c1-9-21(6)17-18-36(8)28(30(38)35-26(12-4)13-5)33-22(7)23-15-14-16-24(19-23)31-32-20-27(39-31)29(37)34-25(10-2)11-3/h14-16,19-21,25-26H,7,9-13,17-18H2,1-6,8H3,(H,34,37)(H,35,38)/t21-/m1/s1. The number of benzene rings is 1. The number of carbonyl (C=O) groups is 2. The van der Waals surface area contributed by atoms with Gasteiger partial charge in [0.15, 0.2) is 5.84 Å². The van der Waals surface area contributed by atoms with Gasteiger partial charge in [0.05, 0.1) is 11.9 Å². The van der Waals surface area contributed by atoms with E-state index in [1.165, 1.54) is 6.20 Å².